The van der Waals surface area contributed by atoms with Crippen LogP contribution in [0.1, 0.15) is 0 Å². The lowest BCUT2D eigenvalue weighted by Crippen LogP contribution is -2.22. The van der Waals surface area contributed by atoms with Gasteiger partial charge in [0.2, 0.25) is 6.33 Å². The molecular weight excluding hydrogens is 148 g/mol. The summed E-state index contributed by atoms with van der Waals surface area (Å²) in [4.78, 5) is 3.18. The quantitative estimate of drug-likeness (QED) is 0.608. The molecule has 1 aromatic carbocycles. The van der Waals surface area contributed by atoms with Crippen molar-refractivity contribution in [2.75, 3.05) is 0 Å². The highest BCUT2D eigenvalue weighted by atomic mass is 15.0. The van der Waals surface area contributed by atoms with E-state index < -0.39 is 0 Å². The molecule has 2 heteroatoms. The Morgan fingerprint density at radius 1 is 1.17 bits per heavy atom. The Bertz CT molecular complexity index is 362. The predicted molar refractivity (Wildman–Crippen MR) is 47.4 cm³/mol. The monoisotopic (exact) mass is 159 g/mol. The zero-order valence-electron chi connectivity index (χ0n) is 6.99. The minimum Gasteiger partial charge on any atom is -0.244 e. The van der Waals surface area contributed by atoms with Crippen molar-refractivity contribution in [1.82, 2.24) is 4.98 Å². The molecule has 0 aliphatic heterocycles. The lowest BCUT2D eigenvalue weighted by atomic mass is 10.2. The van der Waals surface area contributed by atoms with E-state index in [9.17, 15) is 0 Å². The fraction of sp³-hybridized carbons (Fsp3) is 0.100. The summed E-state index contributed by atoms with van der Waals surface area (Å²) >= 11 is 0. The summed E-state index contributed by atoms with van der Waals surface area (Å²) in [5.41, 5.74) is 2.37. The van der Waals surface area contributed by atoms with Crippen molar-refractivity contribution >= 4 is 0 Å². The Kier molecular flexibility index (Phi) is 1.67. The third kappa shape index (κ3) is 1.23. The van der Waals surface area contributed by atoms with Crippen molar-refractivity contribution < 1.29 is 4.57 Å². The summed E-state index contributed by atoms with van der Waals surface area (Å²) in [5, 5.41) is 0. The maximum atomic E-state index is 3.18. The molecule has 60 valence electrons. The molecule has 0 saturated carbocycles. The highest BCUT2D eigenvalue weighted by Crippen LogP contribution is 2.13. The molecule has 1 heterocycles. The van der Waals surface area contributed by atoms with E-state index in [1.807, 2.05) is 36.1 Å². The van der Waals surface area contributed by atoms with Gasteiger partial charge in [-0.3, -0.25) is 0 Å². The van der Waals surface area contributed by atoms with Gasteiger partial charge in [-0.2, -0.15) is 0 Å². The van der Waals surface area contributed by atoms with Crippen molar-refractivity contribution in [3.8, 4) is 11.3 Å². The third-order valence-electron chi connectivity index (χ3n) is 1.84. The first-order chi connectivity index (χ1) is 5.86. The second-order valence-electron chi connectivity index (χ2n) is 2.85. The molecule has 0 fully saturated rings. The molecule has 0 aliphatic carbocycles. The molecular formula is C10H11N2+. The molecule has 2 nitrogen and oxygen atoms in total. The van der Waals surface area contributed by atoms with Gasteiger partial charge in [-0.15, -0.1) is 0 Å². The number of aryl methyl sites for hydroxylation is 1. The van der Waals surface area contributed by atoms with Crippen LogP contribution in [-0.4, -0.2) is 4.98 Å². The first-order valence-electron chi connectivity index (χ1n) is 3.95. The van der Waals surface area contributed by atoms with Crippen LogP contribution >= 0.6 is 0 Å². The van der Waals surface area contributed by atoms with E-state index in [4.69, 9.17) is 0 Å². The lowest BCUT2D eigenvalue weighted by molar-refractivity contribution is -0.669. The van der Waals surface area contributed by atoms with Crippen molar-refractivity contribution in [2.45, 2.75) is 0 Å². The molecule has 0 bridgehead atoms. The van der Waals surface area contributed by atoms with Crippen LogP contribution in [-0.2, 0) is 7.05 Å². The zero-order chi connectivity index (χ0) is 8.39. The van der Waals surface area contributed by atoms with Gasteiger partial charge >= 0.3 is 0 Å². The van der Waals surface area contributed by atoms with E-state index in [-0.39, 0.29) is 0 Å². The molecule has 2 aromatic rings. The van der Waals surface area contributed by atoms with E-state index in [2.05, 4.69) is 23.3 Å². The number of aromatic amines is 1. The summed E-state index contributed by atoms with van der Waals surface area (Å²) in [6, 6.07) is 10.3. The van der Waals surface area contributed by atoms with Gasteiger partial charge in [-0.05, 0) is 0 Å². The number of hydrogen-bond acceptors (Lipinski definition) is 0. The Morgan fingerprint density at radius 3 is 2.50 bits per heavy atom. The van der Waals surface area contributed by atoms with Gasteiger partial charge in [0.25, 0.3) is 0 Å². The van der Waals surface area contributed by atoms with E-state index in [0.29, 0.717) is 0 Å². The van der Waals surface area contributed by atoms with Crippen LogP contribution in [0.2, 0.25) is 0 Å². The fourth-order valence-electron chi connectivity index (χ4n) is 1.23. The second kappa shape index (κ2) is 2.81. The average Bonchev–Trinajstić information content (AvgIpc) is 2.54. The Balaban J connectivity index is 2.45. The number of benzene rings is 1. The molecule has 1 aromatic heterocycles. The highest BCUT2D eigenvalue weighted by Gasteiger charge is 2.03. The molecule has 0 saturated heterocycles. The van der Waals surface area contributed by atoms with Crippen LogP contribution in [0.4, 0.5) is 0 Å². The first kappa shape index (κ1) is 7.10. The van der Waals surface area contributed by atoms with Crippen LogP contribution in [0, 0.1) is 0 Å². The highest BCUT2D eigenvalue weighted by molar-refractivity contribution is 5.56. The average molecular weight is 159 g/mol. The Morgan fingerprint density at radius 2 is 1.92 bits per heavy atom. The maximum Gasteiger partial charge on any atom is 0.241 e. The topological polar surface area (TPSA) is 19.7 Å². The number of nitrogens with zero attached hydrogens (tertiary/aromatic N) is 1. The molecule has 0 spiro atoms. The minimum atomic E-state index is 1.15. The Labute approximate surface area is 71.5 Å². The molecule has 0 atom stereocenters. The SMILES string of the molecule is C[n+]1c[nH]c(-c2ccccc2)c1. The lowest BCUT2D eigenvalue weighted by Gasteiger charge is -1.89. The van der Waals surface area contributed by atoms with Crippen molar-refractivity contribution in [3.63, 3.8) is 0 Å². The zero-order valence-corrected chi connectivity index (χ0v) is 6.99. The third-order valence-corrected chi connectivity index (χ3v) is 1.84. The molecule has 0 aliphatic rings. The summed E-state index contributed by atoms with van der Waals surface area (Å²) in [5.74, 6) is 0. The van der Waals surface area contributed by atoms with E-state index in [1.54, 1.807) is 0 Å². The number of hydrogen-bond donors (Lipinski definition) is 1. The molecule has 12 heavy (non-hydrogen) atoms. The van der Waals surface area contributed by atoms with Crippen LogP contribution in [0.25, 0.3) is 11.3 Å². The fourth-order valence-corrected chi connectivity index (χ4v) is 1.23. The number of aromatic nitrogens is 2. The van der Waals surface area contributed by atoms with Gasteiger partial charge in [0, 0.05) is 5.56 Å². The van der Waals surface area contributed by atoms with Gasteiger partial charge in [0.1, 0.15) is 6.20 Å². The first-order valence-corrected chi connectivity index (χ1v) is 3.95. The van der Waals surface area contributed by atoms with E-state index in [0.717, 1.165) is 5.69 Å². The minimum absolute atomic E-state index is 1.15. The van der Waals surface area contributed by atoms with E-state index in [1.165, 1.54) is 5.56 Å². The second-order valence-corrected chi connectivity index (χ2v) is 2.85. The van der Waals surface area contributed by atoms with Crippen LogP contribution in [0.5, 0.6) is 0 Å². The number of rotatable bonds is 1. The number of imidazole rings is 1. The standard InChI is InChI=1S/C10H10N2/c1-12-7-10(11-8-12)9-5-3-2-4-6-9/h2-8H,1H3/p+1. The van der Waals surface area contributed by atoms with Crippen LogP contribution in [0.3, 0.4) is 0 Å². The van der Waals surface area contributed by atoms with Crippen LogP contribution < -0.4 is 4.57 Å². The van der Waals surface area contributed by atoms with E-state index >= 15 is 0 Å². The summed E-state index contributed by atoms with van der Waals surface area (Å²) in [7, 11) is 2.00. The number of H-pyrrole nitrogens is 1. The van der Waals surface area contributed by atoms with Crippen molar-refractivity contribution in [1.29, 1.82) is 0 Å². The molecule has 0 amide bonds. The smallest absolute Gasteiger partial charge is 0.241 e. The number of nitrogens with one attached hydrogen (secondary N) is 1. The van der Waals surface area contributed by atoms with Gasteiger partial charge in [0.05, 0.1) is 7.05 Å². The normalized spacial score (nSPS) is 10.1. The maximum absolute atomic E-state index is 3.18. The van der Waals surface area contributed by atoms with Crippen LogP contribution in [0.15, 0.2) is 42.9 Å². The molecule has 0 radical (unpaired) electrons. The summed E-state index contributed by atoms with van der Waals surface area (Å²) in [6.07, 6.45) is 4.00. The molecule has 2 rings (SSSR count). The van der Waals surface area contributed by atoms with Gasteiger partial charge in [-0.1, -0.05) is 30.3 Å². The predicted octanol–water partition coefficient (Wildman–Crippen LogP) is 1.51. The summed E-state index contributed by atoms with van der Waals surface area (Å²) in [6.45, 7) is 0. The summed E-state index contributed by atoms with van der Waals surface area (Å²) < 4.78 is 2.00. The molecule has 0 unspecified atom stereocenters. The largest absolute Gasteiger partial charge is 0.244 e. The van der Waals surface area contributed by atoms with Gasteiger partial charge < -0.3 is 0 Å². The molecule has 1 N–H and O–H groups in total. The Hall–Kier alpha value is -1.57. The van der Waals surface area contributed by atoms with Gasteiger partial charge in [0.15, 0.2) is 5.69 Å². The van der Waals surface area contributed by atoms with Crippen molar-refractivity contribution in [2.24, 2.45) is 7.05 Å². The van der Waals surface area contributed by atoms with Gasteiger partial charge in [-0.25, -0.2) is 9.55 Å². The van der Waals surface area contributed by atoms with Crippen molar-refractivity contribution in [3.05, 3.63) is 42.9 Å².